The number of benzene rings is 3. The second-order valence-corrected chi connectivity index (χ2v) is 12.5. The highest BCUT2D eigenvalue weighted by Crippen LogP contribution is 2.31. The van der Waals surface area contributed by atoms with Crippen molar-refractivity contribution >= 4 is 76.0 Å². The highest BCUT2D eigenvalue weighted by Gasteiger charge is 2.26. The van der Waals surface area contributed by atoms with Gasteiger partial charge in [-0.25, -0.2) is 9.59 Å². The number of nitrogens with one attached hydrogen (secondary N) is 3. The van der Waals surface area contributed by atoms with E-state index >= 15 is 0 Å². The third-order valence-electron chi connectivity index (χ3n) is 6.13. The number of rotatable bonds is 12. The topological polar surface area (TPSA) is 132 Å². The summed E-state index contributed by atoms with van der Waals surface area (Å²) in [6.07, 6.45) is 0.0113. The molecule has 0 aliphatic carbocycles. The molecule has 1 unspecified atom stereocenters. The molecule has 0 saturated heterocycles. The Bertz CT molecular complexity index is 1530. The number of hydrogen-bond acceptors (Lipinski definition) is 7. The fraction of sp³-hybridized carbons (Fsp3) is 0.312. The van der Waals surface area contributed by atoms with Crippen LogP contribution in [0.2, 0.25) is 20.1 Å². The van der Waals surface area contributed by atoms with E-state index in [1.54, 1.807) is 63.2 Å². The lowest BCUT2D eigenvalue weighted by atomic mass is 10.0. The number of carbonyl (C=O) groups excluding carboxylic acids is 4. The number of anilines is 1. The van der Waals surface area contributed by atoms with Gasteiger partial charge in [0.15, 0.2) is 0 Å². The fourth-order valence-corrected chi connectivity index (χ4v) is 5.26. The molecule has 0 aliphatic rings. The van der Waals surface area contributed by atoms with Crippen molar-refractivity contribution in [3.8, 4) is 5.75 Å². The van der Waals surface area contributed by atoms with Crippen LogP contribution in [0.15, 0.2) is 54.6 Å². The van der Waals surface area contributed by atoms with E-state index in [1.165, 1.54) is 19.2 Å². The lowest BCUT2D eigenvalue weighted by Crippen LogP contribution is -2.43. The van der Waals surface area contributed by atoms with E-state index in [4.69, 9.17) is 60.6 Å². The minimum absolute atomic E-state index is 0.00853. The molecule has 0 bridgehead atoms. The van der Waals surface area contributed by atoms with Crippen molar-refractivity contribution in [3.05, 3.63) is 91.4 Å². The Kier molecular flexibility index (Phi) is 13.4. The third-order valence-corrected chi connectivity index (χ3v) is 7.36. The largest absolute Gasteiger partial charge is 0.493 e. The van der Waals surface area contributed by atoms with Crippen LogP contribution >= 0.6 is 46.4 Å². The maximum absolute atomic E-state index is 13.2. The molecule has 3 rings (SSSR count). The number of methoxy groups -OCH3 is 1. The molecule has 3 amide bonds. The first-order chi connectivity index (χ1) is 21.7. The van der Waals surface area contributed by atoms with Gasteiger partial charge in [-0.15, -0.1) is 0 Å². The maximum atomic E-state index is 13.2. The Labute approximate surface area is 287 Å². The van der Waals surface area contributed by atoms with Crippen molar-refractivity contribution in [2.75, 3.05) is 25.6 Å². The van der Waals surface area contributed by atoms with E-state index in [0.29, 0.717) is 30.0 Å². The minimum atomic E-state index is -1.08. The highest BCUT2D eigenvalue weighted by molar-refractivity contribution is 6.41. The normalized spacial score (nSPS) is 11.7. The second kappa shape index (κ2) is 16.7. The van der Waals surface area contributed by atoms with Crippen molar-refractivity contribution < 1.29 is 33.4 Å². The molecule has 14 heteroatoms. The number of hydrogen-bond donors (Lipinski definition) is 3. The lowest BCUT2D eigenvalue weighted by molar-refractivity contribution is -0.142. The van der Waals surface area contributed by atoms with Crippen LogP contribution in [0.4, 0.5) is 10.5 Å². The number of ether oxygens (including phenoxy) is 3. The van der Waals surface area contributed by atoms with Crippen LogP contribution in [-0.2, 0) is 20.7 Å². The van der Waals surface area contributed by atoms with Crippen LogP contribution in [0.5, 0.6) is 5.75 Å². The Balaban J connectivity index is 1.60. The monoisotopic (exact) mass is 711 g/mol. The van der Waals surface area contributed by atoms with Gasteiger partial charge in [0.2, 0.25) is 0 Å². The first kappa shape index (κ1) is 36.8. The van der Waals surface area contributed by atoms with Gasteiger partial charge >= 0.3 is 12.1 Å². The molecular weight excluding hydrogens is 680 g/mol. The number of halogens is 4. The van der Waals surface area contributed by atoms with Gasteiger partial charge in [0.1, 0.15) is 17.4 Å². The van der Waals surface area contributed by atoms with Gasteiger partial charge in [0, 0.05) is 18.7 Å². The number of amides is 3. The average molecular weight is 713 g/mol. The van der Waals surface area contributed by atoms with Gasteiger partial charge in [-0.2, -0.15) is 0 Å². The summed E-state index contributed by atoms with van der Waals surface area (Å²) in [6.45, 7) is 5.86. The molecule has 0 fully saturated rings. The van der Waals surface area contributed by atoms with E-state index in [1.807, 2.05) is 0 Å². The molecule has 0 aromatic heterocycles. The number of alkyl carbamates (subject to hydrolysis) is 1. The van der Waals surface area contributed by atoms with Crippen molar-refractivity contribution in [1.82, 2.24) is 10.6 Å². The summed E-state index contributed by atoms with van der Waals surface area (Å²) in [5.74, 6) is -1.55. The Hall–Kier alpha value is -3.70. The SMILES string of the molecule is COC(=O)C(Cc1ccc(NC(=O)c2c(Cl)cccc2Cl)cc1)NC(=O)c1c(Cl)cc(OCCCNC(=O)OC(C)(C)C)cc1Cl. The standard InChI is InChI=1S/C32H33Cl4N3O7/c1-32(2,3)46-31(43)37-13-6-14-45-20-16-23(35)27(24(36)17-20)29(41)39-25(30(42)44-4)15-18-9-11-19(12-10-18)38-28(40)26-21(33)7-5-8-22(26)34/h5,7-12,16-17,25H,6,13-15H2,1-4H3,(H,37,43)(H,38,40)(H,39,41). The van der Waals surface area contributed by atoms with E-state index in [-0.39, 0.29) is 44.2 Å². The Morgan fingerprint density at radius 1 is 0.826 bits per heavy atom. The lowest BCUT2D eigenvalue weighted by Gasteiger charge is -2.19. The van der Waals surface area contributed by atoms with E-state index < -0.39 is 35.5 Å². The molecule has 0 aliphatic heterocycles. The molecule has 1 atom stereocenters. The Morgan fingerprint density at radius 2 is 1.41 bits per heavy atom. The Morgan fingerprint density at radius 3 is 1.98 bits per heavy atom. The average Bonchev–Trinajstić information content (AvgIpc) is 2.96. The molecule has 3 aromatic carbocycles. The highest BCUT2D eigenvalue weighted by atomic mass is 35.5. The summed E-state index contributed by atoms with van der Waals surface area (Å²) in [7, 11) is 1.20. The quantitative estimate of drug-likeness (QED) is 0.132. The van der Waals surface area contributed by atoms with Crippen molar-refractivity contribution in [2.24, 2.45) is 0 Å². The summed E-state index contributed by atoms with van der Waals surface area (Å²) in [5.41, 5.74) is 0.621. The predicted octanol–water partition coefficient (Wildman–Crippen LogP) is 7.36. The fourth-order valence-electron chi connectivity index (χ4n) is 4.05. The van der Waals surface area contributed by atoms with Crippen molar-refractivity contribution in [3.63, 3.8) is 0 Å². The summed E-state index contributed by atoms with van der Waals surface area (Å²) in [5, 5.41) is 8.43. The van der Waals surface area contributed by atoms with E-state index in [0.717, 1.165) is 0 Å². The summed E-state index contributed by atoms with van der Waals surface area (Å²) in [6, 6.07) is 13.2. The molecule has 0 spiro atoms. The molecule has 3 aromatic rings. The summed E-state index contributed by atoms with van der Waals surface area (Å²) in [4.78, 5) is 50.2. The van der Waals surface area contributed by atoms with Crippen LogP contribution in [0.1, 0.15) is 53.5 Å². The van der Waals surface area contributed by atoms with Gasteiger partial charge in [0.25, 0.3) is 11.8 Å². The van der Waals surface area contributed by atoms with Gasteiger partial charge in [0.05, 0.1) is 44.9 Å². The van der Waals surface area contributed by atoms with Gasteiger partial charge in [-0.05, 0) is 69.2 Å². The van der Waals surface area contributed by atoms with Crippen LogP contribution < -0.4 is 20.7 Å². The van der Waals surface area contributed by atoms with E-state index in [2.05, 4.69) is 16.0 Å². The molecule has 0 heterocycles. The second-order valence-electron chi connectivity index (χ2n) is 10.9. The minimum Gasteiger partial charge on any atom is -0.493 e. The van der Waals surface area contributed by atoms with Gasteiger partial charge < -0.3 is 30.2 Å². The van der Waals surface area contributed by atoms with E-state index in [9.17, 15) is 19.2 Å². The maximum Gasteiger partial charge on any atom is 0.407 e. The number of carbonyl (C=O) groups is 4. The number of esters is 1. The molecule has 246 valence electrons. The van der Waals surface area contributed by atoms with Crippen LogP contribution in [0.3, 0.4) is 0 Å². The first-order valence-electron chi connectivity index (χ1n) is 14.0. The zero-order chi connectivity index (χ0) is 34.0. The molecule has 3 N–H and O–H groups in total. The molecular formula is C32H33Cl4N3O7. The summed E-state index contributed by atoms with van der Waals surface area (Å²) < 4.78 is 15.7. The summed E-state index contributed by atoms with van der Waals surface area (Å²) >= 11 is 25.0. The van der Waals surface area contributed by atoms with Gasteiger partial charge in [-0.1, -0.05) is 64.6 Å². The molecule has 0 radical (unpaired) electrons. The first-order valence-corrected chi connectivity index (χ1v) is 15.5. The predicted molar refractivity (Wildman–Crippen MR) is 179 cm³/mol. The zero-order valence-corrected chi connectivity index (χ0v) is 28.5. The van der Waals surface area contributed by atoms with Crippen molar-refractivity contribution in [1.29, 1.82) is 0 Å². The molecule has 10 nitrogen and oxygen atoms in total. The smallest absolute Gasteiger partial charge is 0.407 e. The zero-order valence-electron chi connectivity index (χ0n) is 25.5. The third kappa shape index (κ3) is 11.0. The molecule has 0 saturated carbocycles. The van der Waals surface area contributed by atoms with Gasteiger partial charge in [-0.3, -0.25) is 9.59 Å². The van der Waals surface area contributed by atoms with Crippen LogP contribution in [0, 0.1) is 0 Å². The van der Waals surface area contributed by atoms with Crippen LogP contribution in [-0.4, -0.2) is 55.8 Å². The van der Waals surface area contributed by atoms with Crippen LogP contribution in [0.25, 0.3) is 0 Å². The molecule has 46 heavy (non-hydrogen) atoms. The van der Waals surface area contributed by atoms with Crippen molar-refractivity contribution in [2.45, 2.75) is 45.3 Å².